The van der Waals surface area contributed by atoms with Gasteiger partial charge in [-0.1, -0.05) is 103 Å². The molecule has 3 aromatic rings. The predicted molar refractivity (Wildman–Crippen MR) is 134 cm³/mol. The standard InChI is InChI=1S/C24H22S4/c25-23(26-17-20-10-4-1-5-11-20)16-24(27-18-21-12-6-2-7-13-21)28-19-22-14-8-3-9-15-22/h1-16H,17-19H2. The molecule has 0 radical (unpaired) electrons. The van der Waals surface area contributed by atoms with Crippen molar-refractivity contribution in [1.82, 2.24) is 0 Å². The SMILES string of the molecule is S=C(C=C(SCc1ccccc1)SCc1ccccc1)SCc1ccccc1. The molecule has 0 spiro atoms. The van der Waals surface area contributed by atoms with E-state index in [-0.39, 0.29) is 0 Å². The van der Waals surface area contributed by atoms with E-state index in [1.165, 1.54) is 20.9 Å². The highest BCUT2D eigenvalue weighted by Crippen LogP contribution is 2.34. The Labute approximate surface area is 186 Å². The van der Waals surface area contributed by atoms with Crippen molar-refractivity contribution in [2.24, 2.45) is 0 Å². The molecule has 4 heteroatoms. The van der Waals surface area contributed by atoms with E-state index in [0.717, 1.165) is 21.5 Å². The molecule has 142 valence electrons. The van der Waals surface area contributed by atoms with E-state index in [9.17, 15) is 0 Å². The molecule has 0 fully saturated rings. The molecule has 0 aliphatic rings. The van der Waals surface area contributed by atoms with Crippen LogP contribution in [-0.4, -0.2) is 4.20 Å². The molecule has 0 saturated carbocycles. The third-order valence-corrected chi connectivity index (χ3v) is 7.73. The lowest BCUT2D eigenvalue weighted by atomic mass is 10.2. The Hall–Kier alpha value is -1.46. The minimum absolute atomic E-state index is 0.913. The Morgan fingerprint density at radius 3 is 1.32 bits per heavy atom. The smallest absolute Gasteiger partial charge is 0.0725 e. The molecule has 0 nitrogen and oxygen atoms in total. The van der Waals surface area contributed by atoms with E-state index in [4.69, 9.17) is 12.2 Å². The summed E-state index contributed by atoms with van der Waals surface area (Å²) < 4.78 is 2.22. The van der Waals surface area contributed by atoms with Crippen LogP contribution in [0.25, 0.3) is 0 Å². The van der Waals surface area contributed by atoms with Gasteiger partial charge in [-0.25, -0.2) is 0 Å². The van der Waals surface area contributed by atoms with Crippen molar-refractivity contribution in [3.63, 3.8) is 0 Å². The zero-order valence-corrected chi connectivity index (χ0v) is 18.8. The minimum atomic E-state index is 0.913. The van der Waals surface area contributed by atoms with Gasteiger partial charge in [-0.2, -0.15) is 0 Å². The Kier molecular flexibility index (Phi) is 9.24. The average molecular weight is 439 g/mol. The molecule has 0 amide bonds. The number of hydrogen-bond acceptors (Lipinski definition) is 4. The molecule has 0 aliphatic carbocycles. The van der Waals surface area contributed by atoms with Crippen molar-refractivity contribution >= 4 is 51.7 Å². The zero-order chi connectivity index (χ0) is 19.4. The second-order valence-electron chi connectivity index (χ2n) is 6.11. The number of thioether (sulfide) groups is 3. The summed E-state index contributed by atoms with van der Waals surface area (Å²) in [5.74, 6) is 2.83. The molecule has 0 aromatic heterocycles. The van der Waals surface area contributed by atoms with Crippen molar-refractivity contribution < 1.29 is 0 Å². The fourth-order valence-corrected chi connectivity index (χ4v) is 5.84. The van der Waals surface area contributed by atoms with E-state index >= 15 is 0 Å². The first-order valence-electron chi connectivity index (χ1n) is 9.05. The summed E-state index contributed by atoms with van der Waals surface area (Å²) >= 11 is 11.1. The molecule has 0 unspecified atom stereocenters. The van der Waals surface area contributed by atoms with Gasteiger partial charge >= 0.3 is 0 Å². The molecule has 0 atom stereocenters. The van der Waals surface area contributed by atoms with E-state index in [0.29, 0.717) is 0 Å². The van der Waals surface area contributed by atoms with E-state index in [1.807, 2.05) is 29.6 Å². The third kappa shape index (κ3) is 7.88. The van der Waals surface area contributed by atoms with Gasteiger partial charge in [0, 0.05) is 21.5 Å². The molecule has 0 aliphatic heterocycles. The second-order valence-corrected chi connectivity index (χ2v) is 10.1. The van der Waals surface area contributed by atoms with Crippen molar-refractivity contribution in [3.05, 3.63) is 118 Å². The van der Waals surface area contributed by atoms with Crippen LogP contribution in [0.5, 0.6) is 0 Å². The van der Waals surface area contributed by atoms with Crippen LogP contribution in [0.15, 0.2) is 101 Å². The van der Waals surface area contributed by atoms with Gasteiger partial charge in [0.1, 0.15) is 0 Å². The lowest BCUT2D eigenvalue weighted by Gasteiger charge is -2.09. The van der Waals surface area contributed by atoms with Gasteiger partial charge in [-0.15, -0.1) is 35.3 Å². The number of rotatable bonds is 9. The fraction of sp³-hybridized carbons (Fsp3) is 0.125. The maximum absolute atomic E-state index is 5.65. The molecule has 0 heterocycles. The highest BCUT2D eigenvalue weighted by atomic mass is 32.2. The van der Waals surface area contributed by atoms with Crippen LogP contribution in [0, 0.1) is 0 Å². The van der Waals surface area contributed by atoms with Gasteiger partial charge < -0.3 is 0 Å². The maximum Gasteiger partial charge on any atom is 0.0725 e. The second kappa shape index (κ2) is 12.2. The molecule has 0 bridgehead atoms. The van der Waals surface area contributed by atoms with Gasteiger partial charge in [0.2, 0.25) is 0 Å². The number of thiocarbonyl (C=S) groups is 1. The first kappa shape index (κ1) is 21.3. The summed E-state index contributed by atoms with van der Waals surface area (Å²) in [6.07, 6.45) is 2.17. The summed E-state index contributed by atoms with van der Waals surface area (Å²) in [6.45, 7) is 0. The van der Waals surface area contributed by atoms with Crippen molar-refractivity contribution in [2.75, 3.05) is 0 Å². The number of benzene rings is 3. The van der Waals surface area contributed by atoms with E-state index in [1.54, 1.807) is 11.8 Å². The molecule has 0 N–H and O–H groups in total. The van der Waals surface area contributed by atoms with Gasteiger partial charge in [-0.3, -0.25) is 0 Å². The number of hydrogen-bond donors (Lipinski definition) is 0. The Balaban J connectivity index is 1.61. The summed E-state index contributed by atoms with van der Waals surface area (Å²) in [4.78, 5) is 0. The fourth-order valence-electron chi connectivity index (χ4n) is 2.45. The van der Waals surface area contributed by atoms with Crippen LogP contribution >= 0.6 is 47.5 Å². The Morgan fingerprint density at radius 1 is 0.571 bits per heavy atom. The maximum atomic E-state index is 5.65. The monoisotopic (exact) mass is 438 g/mol. The van der Waals surface area contributed by atoms with Gasteiger partial charge in [0.15, 0.2) is 0 Å². The van der Waals surface area contributed by atoms with E-state index in [2.05, 4.69) is 91.0 Å². The Bertz CT molecular complexity index is 829. The van der Waals surface area contributed by atoms with Gasteiger partial charge in [-0.05, 0) is 22.8 Å². The summed E-state index contributed by atoms with van der Waals surface area (Å²) in [5.41, 5.74) is 3.97. The van der Waals surface area contributed by atoms with Crippen LogP contribution in [0.3, 0.4) is 0 Å². The minimum Gasteiger partial charge on any atom is -0.114 e. The Morgan fingerprint density at radius 2 is 0.929 bits per heavy atom. The molecule has 28 heavy (non-hydrogen) atoms. The largest absolute Gasteiger partial charge is 0.114 e. The van der Waals surface area contributed by atoms with Crippen molar-refractivity contribution in [3.8, 4) is 0 Å². The molecule has 3 aromatic carbocycles. The first-order chi connectivity index (χ1) is 13.8. The third-order valence-electron chi connectivity index (χ3n) is 3.91. The van der Waals surface area contributed by atoms with Crippen molar-refractivity contribution in [1.29, 1.82) is 0 Å². The van der Waals surface area contributed by atoms with Gasteiger partial charge in [0.05, 0.1) is 4.20 Å². The van der Waals surface area contributed by atoms with Crippen molar-refractivity contribution in [2.45, 2.75) is 17.3 Å². The van der Waals surface area contributed by atoms with Crippen LogP contribution in [-0.2, 0) is 17.3 Å². The van der Waals surface area contributed by atoms with Crippen LogP contribution in [0.2, 0.25) is 0 Å². The highest BCUT2D eigenvalue weighted by Gasteiger charge is 2.05. The van der Waals surface area contributed by atoms with E-state index < -0.39 is 0 Å². The van der Waals surface area contributed by atoms with Gasteiger partial charge in [0.25, 0.3) is 0 Å². The van der Waals surface area contributed by atoms with Crippen LogP contribution < -0.4 is 0 Å². The molecular weight excluding hydrogens is 417 g/mol. The molecular formula is C24H22S4. The summed E-state index contributed by atoms with van der Waals surface area (Å²) in [7, 11) is 0. The molecule has 3 rings (SSSR count). The lowest BCUT2D eigenvalue weighted by Crippen LogP contribution is -1.88. The zero-order valence-electron chi connectivity index (χ0n) is 15.5. The topological polar surface area (TPSA) is 0 Å². The summed E-state index contributed by atoms with van der Waals surface area (Å²) in [6, 6.07) is 31.7. The quantitative estimate of drug-likeness (QED) is 0.245. The predicted octanol–water partition coefficient (Wildman–Crippen LogP) is 7.96. The van der Waals surface area contributed by atoms with Crippen LogP contribution in [0.1, 0.15) is 16.7 Å². The van der Waals surface area contributed by atoms with Crippen LogP contribution in [0.4, 0.5) is 0 Å². The highest BCUT2D eigenvalue weighted by molar-refractivity contribution is 8.24. The normalized spacial score (nSPS) is 10.4. The molecule has 0 saturated heterocycles. The average Bonchev–Trinajstić information content (AvgIpc) is 2.76. The first-order valence-corrected chi connectivity index (χ1v) is 12.4. The summed E-state index contributed by atoms with van der Waals surface area (Å²) in [5, 5.41) is 0. The lowest BCUT2D eigenvalue weighted by molar-refractivity contribution is 1.42.